The fourth-order valence-corrected chi connectivity index (χ4v) is 3.45. The number of nitrogens with zero attached hydrogens (tertiary/aromatic N) is 4. The number of ketones is 1. The van der Waals surface area contributed by atoms with Crippen molar-refractivity contribution in [3.63, 3.8) is 0 Å². The van der Waals surface area contributed by atoms with Crippen molar-refractivity contribution in [2.75, 3.05) is 11.6 Å². The van der Waals surface area contributed by atoms with Crippen LogP contribution in [-0.2, 0) is 0 Å². The largest absolute Gasteiger partial charge is 0.322 e. The summed E-state index contributed by atoms with van der Waals surface area (Å²) >= 11 is 1.40. The summed E-state index contributed by atoms with van der Waals surface area (Å²) < 4.78 is 14.8. The molecule has 154 valence electrons. The molecule has 4 rings (SSSR count). The van der Waals surface area contributed by atoms with E-state index in [1.807, 2.05) is 12.3 Å². The third kappa shape index (κ3) is 4.36. The summed E-state index contributed by atoms with van der Waals surface area (Å²) in [5.41, 5.74) is 1.95. The van der Waals surface area contributed by atoms with Gasteiger partial charge in [0.05, 0.1) is 11.3 Å². The maximum atomic E-state index is 13.2. The molecule has 3 aromatic carbocycles. The third-order valence-electron chi connectivity index (χ3n) is 4.49. The van der Waals surface area contributed by atoms with Crippen molar-refractivity contribution in [3.05, 3.63) is 95.3 Å². The zero-order valence-electron chi connectivity index (χ0n) is 16.3. The molecule has 9 heteroatoms. The van der Waals surface area contributed by atoms with E-state index in [0.717, 1.165) is 0 Å². The number of amides is 1. The topological polar surface area (TPSA) is 89.8 Å². The maximum absolute atomic E-state index is 13.2. The number of hydrogen-bond donors (Lipinski definition) is 1. The van der Waals surface area contributed by atoms with Gasteiger partial charge < -0.3 is 5.32 Å². The van der Waals surface area contributed by atoms with Gasteiger partial charge in [-0.2, -0.15) is 4.68 Å². The molecule has 0 unspecified atom stereocenters. The van der Waals surface area contributed by atoms with E-state index in [1.165, 1.54) is 36.0 Å². The highest BCUT2D eigenvalue weighted by Crippen LogP contribution is 2.21. The number of carbonyl (C=O) groups is 2. The normalized spacial score (nSPS) is 10.6. The molecular formula is C22H16FN5O2S. The van der Waals surface area contributed by atoms with Crippen molar-refractivity contribution in [2.45, 2.75) is 5.16 Å². The van der Waals surface area contributed by atoms with Crippen LogP contribution in [-0.4, -0.2) is 38.2 Å². The van der Waals surface area contributed by atoms with E-state index in [0.29, 0.717) is 22.1 Å². The fourth-order valence-electron chi connectivity index (χ4n) is 3.02. The van der Waals surface area contributed by atoms with Crippen molar-refractivity contribution in [2.24, 2.45) is 0 Å². The molecule has 4 aromatic rings. The number of aromatic nitrogens is 4. The van der Waals surface area contributed by atoms with Crippen LogP contribution < -0.4 is 5.32 Å². The van der Waals surface area contributed by atoms with Gasteiger partial charge in [-0.15, -0.1) is 5.10 Å². The fraction of sp³-hybridized carbons (Fsp3) is 0.0455. The molecule has 0 aliphatic heterocycles. The zero-order valence-corrected chi connectivity index (χ0v) is 17.1. The first-order valence-electron chi connectivity index (χ1n) is 9.20. The quantitative estimate of drug-likeness (QED) is 0.365. The van der Waals surface area contributed by atoms with Gasteiger partial charge in [-0.05, 0) is 65.2 Å². The van der Waals surface area contributed by atoms with Crippen molar-refractivity contribution >= 4 is 29.1 Å². The number of hydrogen-bond acceptors (Lipinski definition) is 6. The monoisotopic (exact) mass is 433 g/mol. The number of carbonyl (C=O) groups excluding carboxylic acids is 2. The Kier molecular flexibility index (Phi) is 5.85. The molecule has 1 N–H and O–H groups in total. The lowest BCUT2D eigenvalue weighted by molar-refractivity contribution is 0.0996. The second-order valence-electron chi connectivity index (χ2n) is 6.46. The van der Waals surface area contributed by atoms with Crippen LogP contribution in [0.25, 0.3) is 5.69 Å². The van der Waals surface area contributed by atoms with Crippen LogP contribution in [0.15, 0.2) is 78.0 Å². The molecule has 0 saturated heterocycles. The number of benzene rings is 3. The Morgan fingerprint density at radius 1 is 0.968 bits per heavy atom. The molecule has 0 aliphatic carbocycles. The van der Waals surface area contributed by atoms with E-state index in [2.05, 4.69) is 20.8 Å². The first-order chi connectivity index (χ1) is 15.1. The maximum Gasteiger partial charge on any atom is 0.256 e. The Morgan fingerprint density at radius 3 is 2.45 bits per heavy atom. The Balaban J connectivity index is 1.61. The van der Waals surface area contributed by atoms with Crippen LogP contribution in [0.5, 0.6) is 0 Å². The number of thioether (sulfide) groups is 1. The lowest BCUT2D eigenvalue weighted by Crippen LogP contribution is -2.17. The average Bonchev–Trinajstić information content (AvgIpc) is 3.28. The van der Waals surface area contributed by atoms with Crippen LogP contribution in [0.2, 0.25) is 0 Å². The highest BCUT2D eigenvalue weighted by Gasteiger charge is 2.18. The van der Waals surface area contributed by atoms with Crippen molar-refractivity contribution < 1.29 is 14.0 Å². The van der Waals surface area contributed by atoms with E-state index >= 15 is 0 Å². The van der Waals surface area contributed by atoms with Crippen molar-refractivity contribution in [1.82, 2.24) is 20.2 Å². The predicted octanol–water partition coefficient (Wildman–Crippen LogP) is 4.01. The first-order valence-corrected chi connectivity index (χ1v) is 10.4. The van der Waals surface area contributed by atoms with E-state index in [1.54, 1.807) is 47.1 Å². The van der Waals surface area contributed by atoms with Crippen LogP contribution in [0.1, 0.15) is 26.3 Å². The van der Waals surface area contributed by atoms with E-state index in [9.17, 15) is 14.0 Å². The van der Waals surface area contributed by atoms with Crippen LogP contribution in [0.4, 0.5) is 10.1 Å². The molecule has 0 spiro atoms. The second kappa shape index (κ2) is 8.88. The van der Waals surface area contributed by atoms with Gasteiger partial charge in [0.15, 0.2) is 5.78 Å². The summed E-state index contributed by atoms with van der Waals surface area (Å²) in [7, 11) is 0. The number of anilines is 1. The highest BCUT2D eigenvalue weighted by molar-refractivity contribution is 7.98. The third-order valence-corrected chi connectivity index (χ3v) is 5.11. The lowest BCUT2D eigenvalue weighted by Gasteiger charge is -2.11. The van der Waals surface area contributed by atoms with Gasteiger partial charge in [0, 0.05) is 16.8 Å². The smallest absolute Gasteiger partial charge is 0.256 e. The molecule has 0 fully saturated rings. The highest BCUT2D eigenvalue weighted by atomic mass is 32.2. The minimum atomic E-state index is -0.440. The molecule has 0 radical (unpaired) electrons. The van der Waals surface area contributed by atoms with Crippen LogP contribution >= 0.6 is 11.8 Å². The minimum Gasteiger partial charge on any atom is -0.322 e. The predicted molar refractivity (Wildman–Crippen MR) is 115 cm³/mol. The molecule has 1 aromatic heterocycles. The van der Waals surface area contributed by atoms with Gasteiger partial charge in [-0.1, -0.05) is 36.0 Å². The Labute approximate surface area is 181 Å². The molecule has 0 saturated carbocycles. The van der Waals surface area contributed by atoms with Gasteiger partial charge in [0.2, 0.25) is 5.16 Å². The summed E-state index contributed by atoms with van der Waals surface area (Å²) in [5.74, 6) is -1.24. The van der Waals surface area contributed by atoms with Crippen molar-refractivity contribution in [3.8, 4) is 5.69 Å². The Hall–Kier alpha value is -3.85. The van der Waals surface area contributed by atoms with Crippen molar-refractivity contribution in [1.29, 1.82) is 0 Å². The van der Waals surface area contributed by atoms with Gasteiger partial charge in [-0.3, -0.25) is 9.59 Å². The number of rotatable bonds is 6. The summed E-state index contributed by atoms with van der Waals surface area (Å²) in [4.78, 5) is 25.9. The molecule has 0 aliphatic rings. The summed E-state index contributed by atoms with van der Waals surface area (Å²) in [6.07, 6.45) is 1.86. The lowest BCUT2D eigenvalue weighted by atomic mass is 9.98. The molecule has 0 atom stereocenters. The van der Waals surface area contributed by atoms with Gasteiger partial charge in [-0.25, -0.2) is 4.39 Å². The molecule has 31 heavy (non-hydrogen) atoms. The number of nitrogens with one attached hydrogen (secondary N) is 1. The van der Waals surface area contributed by atoms with Gasteiger partial charge in [0.1, 0.15) is 5.82 Å². The molecular weight excluding hydrogens is 417 g/mol. The van der Waals surface area contributed by atoms with E-state index in [-0.39, 0.29) is 16.9 Å². The van der Waals surface area contributed by atoms with Crippen LogP contribution in [0.3, 0.4) is 0 Å². The average molecular weight is 433 g/mol. The molecule has 0 bridgehead atoms. The van der Waals surface area contributed by atoms with Gasteiger partial charge in [0.25, 0.3) is 5.91 Å². The van der Waals surface area contributed by atoms with Crippen LogP contribution in [0, 0.1) is 5.82 Å². The van der Waals surface area contributed by atoms with E-state index in [4.69, 9.17) is 0 Å². The minimum absolute atomic E-state index is 0.217. The van der Waals surface area contributed by atoms with E-state index < -0.39 is 11.7 Å². The zero-order chi connectivity index (χ0) is 21.8. The molecule has 1 amide bonds. The first kappa shape index (κ1) is 20.4. The SMILES string of the molecule is CSc1nnnn1-c1cccc(NC(=O)c2ccccc2C(=O)c2ccc(F)cc2)c1. The van der Waals surface area contributed by atoms with Gasteiger partial charge >= 0.3 is 0 Å². The Bertz CT molecular complexity index is 1260. The molecule has 1 heterocycles. The summed E-state index contributed by atoms with van der Waals surface area (Å²) in [5, 5.41) is 15.0. The standard InChI is InChI=1S/C22H16FN5O2S/c1-31-22-25-26-27-28(22)17-6-4-5-16(13-17)24-21(30)19-8-3-2-7-18(19)20(29)14-9-11-15(23)12-10-14/h2-13H,1H3,(H,24,30). The summed E-state index contributed by atoms with van der Waals surface area (Å²) in [6.45, 7) is 0. The Morgan fingerprint density at radius 2 is 1.71 bits per heavy atom. The number of halogens is 1. The summed E-state index contributed by atoms with van der Waals surface area (Å²) in [6, 6.07) is 18.8. The number of tetrazole rings is 1. The second-order valence-corrected chi connectivity index (χ2v) is 7.24. The molecule has 7 nitrogen and oxygen atoms in total.